The minimum absolute atomic E-state index is 0.0883. The molecule has 0 aliphatic heterocycles. The fourth-order valence-electron chi connectivity index (χ4n) is 1.84. The van der Waals surface area contributed by atoms with Crippen molar-refractivity contribution < 1.29 is 19.2 Å². The topological polar surface area (TPSA) is 98.5 Å². The fraction of sp³-hybridized carbons (Fsp3) is 0.0588. The lowest BCUT2D eigenvalue weighted by Crippen LogP contribution is -2.20. The molecule has 128 valence electrons. The number of hydrogen-bond acceptors (Lipinski definition) is 5. The van der Waals surface area contributed by atoms with Crippen LogP contribution in [0.5, 0.6) is 0 Å². The van der Waals surface area contributed by atoms with Gasteiger partial charge in [0.25, 0.3) is 11.6 Å². The molecule has 0 saturated heterocycles. The smallest absolute Gasteiger partial charge is 0.331 e. The molecule has 7 nitrogen and oxygen atoms in total. The van der Waals surface area contributed by atoms with Gasteiger partial charge in [0.2, 0.25) is 0 Å². The van der Waals surface area contributed by atoms with Crippen LogP contribution in [0.1, 0.15) is 5.56 Å². The zero-order chi connectivity index (χ0) is 18.2. The Balaban J connectivity index is 1.86. The molecule has 0 unspecified atom stereocenters. The van der Waals surface area contributed by atoms with E-state index >= 15 is 0 Å². The Morgan fingerprint density at radius 3 is 2.68 bits per heavy atom. The number of para-hydroxylation sites is 1. The number of anilines is 1. The highest BCUT2D eigenvalue weighted by molar-refractivity contribution is 6.33. The summed E-state index contributed by atoms with van der Waals surface area (Å²) in [6.07, 6.45) is 2.45. The zero-order valence-corrected chi connectivity index (χ0v) is 13.6. The van der Waals surface area contributed by atoms with Crippen LogP contribution >= 0.6 is 11.6 Å². The molecule has 1 N–H and O–H groups in total. The van der Waals surface area contributed by atoms with E-state index in [2.05, 4.69) is 5.32 Å². The van der Waals surface area contributed by atoms with Gasteiger partial charge in [0, 0.05) is 18.2 Å². The third-order valence-corrected chi connectivity index (χ3v) is 3.32. The van der Waals surface area contributed by atoms with E-state index in [-0.39, 0.29) is 5.69 Å². The van der Waals surface area contributed by atoms with Crippen LogP contribution in [0.2, 0.25) is 5.02 Å². The number of carbonyl (C=O) groups is 2. The summed E-state index contributed by atoms with van der Waals surface area (Å²) in [6, 6.07) is 12.4. The van der Waals surface area contributed by atoms with Gasteiger partial charge in [-0.25, -0.2) is 4.79 Å². The summed E-state index contributed by atoms with van der Waals surface area (Å²) in [5.74, 6) is -1.29. The van der Waals surface area contributed by atoms with Crippen LogP contribution in [0.15, 0.2) is 54.6 Å². The summed E-state index contributed by atoms with van der Waals surface area (Å²) in [4.78, 5) is 33.5. The number of amides is 1. The van der Waals surface area contributed by atoms with Gasteiger partial charge in [-0.1, -0.05) is 35.9 Å². The number of hydrogen-bond donors (Lipinski definition) is 1. The van der Waals surface area contributed by atoms with Crippen molar-refractivity contribution >= 4 is 40.9 Å². The van der Waals surface area contributed by atoms with Gasteiger partial charge in [0.15, 0.2) is 6.61 Å². The molecular weight excluding hydrogens is 348 g/mol. The highest BCUT2D eigenvalue weighted by Gasteiger charge is 2.08. The van der Waals surface area contributed by atoms with E-state index in [0.717, 1.165) is 6.08 Å². The lowest BCUT2D eigenvalue weighted by atomic mass is 10.2. The van der Waals surface area contributed by atoms with Crippen LogP contribution in [0.3, 0.4) is 0 Å². The quantitative estimate of drug-likeness (QED) is 0.368. The predicted octanol–water partition coefficient (Wildman–Crippen LogP) is 3.44. The lowest BCUT2D eigenvalue weighted by Gasteiger charge is -2.06. The summed E-state index contributed by atoms with van der Waals surface area (Å²) < 4.78 is 4.80. The summed E-state index contributed by atoms with van der Waals surface area (Å²) in [7, 11) is 0. The molecule has 0 aliphatic rings. The Bertz CT molecular complexity index is 835. The van der Waals surface area contributed by atoms with E-state index in [1.54, 1.807) is 30.3 Å². The highest BCUT2D eigenvalue weighted by Crippen LogP contribution is 2.20. The van der Waals surface area contributed by atoms with Crippen molar-refractivity contribution in [3.8, 4) is 0 Å². The van der Waals surface area contributed by atoms with Gasteiger partial charge >= 0.3 is 5.97 Å². The molecule has 1 amide bonds. The zero-order valence-electron chi connectivity index (χ0n) is 12.8. The fourth-order valence-corrected chi connectivity index (χ4v) is 2.02. The molecule has 0 saturated carbocycles. The number of non-ortho nitro benzene ring substituents is 1. The molecule has 2 aromatic carbocycles. The van der Waals surface area contributed by atoms with Gasteiger partial charge in [0.05, 0.1) is 15.6 Å². The Kier molecular flexibility index (Phi) is 6.25. The molecule has 25 heavy (non-hydrogen) atoms. The first-order valence-electron chi connectivity index (χ1n) is 7.09. The van der Waals surface area contributed by atoms with E-state index in [4.69, 9.17) is 16.3 Å². The van der Waals surface area contributed by atoms with E-state index in [0.29, 0.717) is 16.3 Å². The number of nitro benzene ring substituents is 1. The maximum absolute atomic E-state index is 11.7. The average Bonchev–Trinajstić information content (AvgIpc) is 2.60. The number of rotatable bonds is 6. The van der Waals surface area contributed by atoms with Crippen molar-refractivity contribution in [3.05, 3.63) is 75.3 Å². The number of esters is 1. The van der Waals surface area contributed by atoms with Gasteiger partial charge in [-0.05, 0) is 23.8 Å². The first kappa shape index (κ1) is 18.2. The normalized spacial score (nSPS) is 10.4. The largest absolute Gasteiger partial charge is 0.452 e. The Hall–Kier alpha value is -3.19. The van der Waals surface area contributed by atoms with Crippen LogP contribution < -0.4 is 5.32 Å². The third-order valence-electron chi connectivity index (χ3n) is 2.99. The van der Waals surface area contributed by atoms with Crippen molar-refractivity contribution in [2.75, 3.05) is 11.9 Å². The van der Waals surface area contributed by atoms with Gasteiger partial charge < -0.3 is 10.1 Å². The van der Waals surface area contributed by atoms with E-state index < -0.39 is 23.4 Å². The Morgan fingerprint density at radius 2 is 1.96 bits per heavy atom. The van der Waals surface area contributed by atoms with E-state index in [1.807, 2.05) is 0 Å². The molecule has 0 bridgehead atoms. The molecule has 2 rings (SSSR count). The molecule has 2 aromatic rings. The molecule has 0 spiro atoms. The minimum Gasteiger partial charge on any atom is -0.452 e. The number of nitrogens with one attached hydrogen (secondary N) is 1. The van der Waals surface area contributed by atoms with Crippen LogP contribution in [0, 0.1) is 10.1 Å². The maximum Gasteiger partial charge on any atom is 0.331 e. The number of nitro groups is 1. The Labute approximate surface area is 148 Å². The van der Waals surface area contributed by atoms with E-state index in [9.17, 15) is 19.7 Å². The minimum atomic E-state index is -0.749. The Morgan fingerprint density at radius 1 is 1.20 bits per heavy atom. The van der Waals surface area contributed by atoms with Gasteiger partial charge in [0.1, 0.15) is 0 Å². The summed E-state index contributed by atoms with van der Waals surface area (Å²) in [5, 5.41) is 13.6. The van der Waals surface area contributed by atoms with Crippen LogP contribution in [-0.2, 0) is 14.3 Å². The predicted molar refractivity (Wildman–Crippen MR) is 93.2 cm³/mol. The molecule has 0 aromatic heterocycles. The van der Waals surface area contributed by atoms with Crippen molar-refractivity contribution in [1.29, 1.82) is 0 Å². The highest BCUT2D eigenvalue weighted by atomic mass is 35.5. The molecule has 0 aliphatic carbocycles. The molecule has 0 radical (unpaired) electrons. The van der Waals surface area contributed by atoms with Crippen molar-refractivity contribution in [2.24, 2.45) is 0 Å². The van der Waals surface area contributed by atoms with Crippen LogP contribution in [-0.4, -0.2) is 23.4 Å². The SMILES string of the molecule is O=C(COC(=O)C=Cc1cccc([N+](=O)[O-])c1)Nc1ccccc1Cl. The monoisotopic (exact) mass is 360 g/mol. The first-order chi connectivity index (χ1) is 12.0. The number of benzene rings is 2. The van der Waals surface area contributed by atoms with Gasteiger partial charge in [-0.2, -0.15) is 0 Å². The van der Waals surface area contributed by atoms with E-state index in [1.165, 1.54) is 24.3 Å². The second-order valence-electron chi connectivity index (χ2n) is 4.82. The summed E-state index contributed by atoms with van der Waals surface area (Å²) >= 11 is 5.90. The van der Waals surface area contributed by atoms with Crippen molar-refractivity contribution in [1.82, 2.24) is 0 Å². The molecule has 8 heteroatoms. The second-order valence-corrected chi connectivity index (χ2v) is 5.23. The maximum atomic E-state index is 11.7. The first-order valence-corrected chi connectivity index (χ1v) is 7.47. The van der Waals surface area contributed by atoms with Gasteiger partial charge in [-0.15, -0.1) is 0 Å². The molecule has 0 heterocycles. The lowest BCUT2D eigenvalue weighted by molar-refractivity contribution is -0.384. The number of nitrogens with zero attached hydrogens (tertiary/aromatic N) is 1. The number of carbonyl (C=O) groups excluding carboxylic acids is 2. The standard InChI is InChI=1S/C17H13ClN2O5/c18-14-6-1-2-7-15(14)19-16(21)11-25-17(22)9-8-12-4-3-5-13(10-12)20(23)24/h1-10H,11H2,(H,19,21). The van der Waals surface area contributed by atoms with Crippen LogP contribution in [0.25, 0.3) is 6.08 Å². The molecule has 0 atom stereocenters. The average molecular weight is 361 g/mol. The number of ether oxygens (including phenoxy) is 1. The summed E-state index contributed by atoms with van der Waals surface area (Å²) in [6.45, 7) is -0.483. The molecular formula is C17H13ClN2O5. The second kappa shape index (κ2) is 8.60. The van der Waals surface area contributed by atoms with Crippen LogP contribution in [0.4, 0.5) is 11.4 Å². The third kappa shape index (κ3) is 5.74. The number of halogens is 1. The van der Waals surface area contributed by atoms with Crippen molar-refractivity contribution in [2.45, 2.75) is 0 Å². The summed E-state index contributed by atoms with van der Waals surface area (Å²) in [5.41, 5.74) is 0.790. The van der Waals surface area contributed by atoms with Gasteiger partial charge in [-0.3, -0.25) is 14.9 Å². The van der Waals surface area contributed by atoms with Crippen molar-refractivity contribution in [3.63, 3.8) is 0 Å². The molecule has 0 fully saturated rings.